The molecular formula is C19H42NO4+. The predicted octanol–water partition coefficient (Wildman–Crippen LogP) is 2.06. The summed E-state index contributed by atoms with van der Waals surface area (Å²) in [5, 5.41) is 37.6. The van der Waals surface area contributed by atoms with Crippen LogP contribution in [-0.2, 0) is 0 Å². The lowest BCUT2D eigenvalue weighted by atomic mass is 10.1. The van der Waals surface area contributed by atoms with Gasteiger partial charge in [-0.3, -0.25) is 0 Å². The second-order valence-corrected chi connectivity index (χ2v) is 7.56. The van der Waals surface area contributed by atoms with Crippen molar-refractivity contribution in [3.8, 4) is 0 Å². The zero-order chi connectivity index (χ0) is 18.3. The number of quaternary nitrogens is 1. The monoisotopic (exact) mass is 348 g/mol. The zero-order valence-corrected chi connectivity index (χ0v) is 16.0. The van der Waals surface area contributed by atoms with Crippen LogP contribution in [0, 0.1) is 0 Å². The predicted molar refractivity (Wildman–Crippen MR) is 98.8 cm³/mol. The van der Waals surface area contributed by atoms with E-state index in [0.29, 0.717) is 17.6 Å². The summed E-state index contributed by atoms with van der Waals surface area (Å²) in [6, 6.07) is 0. The van der Waals surface area contributed by atoms with Crippen LogP contribution in [0.15, 0.2) is 0 Å². The summed E-state index contributed by atoms with van der Waals surface area (Å²) in [5.74, 6) is 0. The Morgan fingerprint density at radius 1 is 0.667 bits per heavy atom. The van der Waals surface area contributed by atoms with Crippen molar-refractivity contribution in [3.63, 3.8) is 0 Å². The van der Waals surface area contributed by atoms with Gasteiger partial charge < -0.3 is 24.9 Å². The van der Waals surface area contributed by atoms with Gasteiger partial charge in [-0.2, -0.15) is 0 Å². The van der Waals surface area contributed by atoms with Gasteiger partial charge in [-0.15, -0.1) is 0 Å². The van der Waals surface area contributed by atoms with Crippen LogP contribution >= 0.6 is 0 Å². The molecule has 0 amide bonds. The normalized spacial score (nSPS) is 16.8. The van der Waals surface area contributed by atoms with E-state index in [1.165, 1.54) is 51.4 Å². The van der Waals surface area contributed by atoms with Gasteiger partial charge in [-0.25, -0.2) is 0 Å². The first-order valence-electron chi connectivity index (χ1n) is 9.88. The van der Waals surface area contributed by atoms with Crippen LogP contribution in [0.3, 0.4) is 0 Å². The van der Waals surface area contributed by atoms with E-state index in [1.807, 2.05) is 7.05 Å². The fourth-order valence-corrected chi connectivity index (χ4v) is 3.37. The van der Waals surface area contributed by atoms with Crippen LogP contribution in [0.5, 0.6) is 0 Å². The molecule has 5 heteroatoms. The summed E-state index contributed by atoms with van der Waals surface area (Å²) < 4.78 is 0.487. The first-order chi connectivity index (χ1) is 11.5. The van der Waals surface area contributed by atoms with E-state index in [9.17, 15) is 10.2 Å². The van der Waals surface area contributed by atoms with Gasteiger partial charge >= 0.3 is 0 Å². The molecule has 0 rings (SSSR count). The van der Waals surface area contributed by atoms with Crippen molar-refractivity contribution in [1.82, 2.24) is 0 Å². The lowest BCUT2D eigenvalue weighted by molar-refractivity contribution is -0.915. The highest BCUT2D eigenvalue weighted by Crippen LogP contribution is 2.13. The summed E-state index contributed by atoms with van der Waals surface area (Å²) in [4.78, 5) is 0. The molecule has 0 aromatic carbocycles. The molecule has 0 bridgehead atoms. The van der Waals surface area contributed by atoms with E-state index in [0.717, 1.165) is 19.4 Å². The second kappa shape index (κ2) is 15.1. The number of hydrogen-bond donors (Lipinski definition) is 4. The van der Waals surface area contributed by atoms with Crippen molar-refractivity contribution in [1.29, 1.82) is 0 Å². The topological polar surface area (TPSA) is 80.9 Å². The first-order valence-corrected chi connectivity index (χ1v) is 9.88. The summed E-state index contributed by atoms with van der Waals surface area (Å²) >= 11 is 0. The first kappa shape index (κ1) is 23.8. The molecule has 2 unspecified atom stereocenters. The molecule has 5 nitrogen and oxygen atoms in total. The van der Waals surface area contributed by atoms with Crippen LogP contribution in [0.1, 0.15) is 71.1 Å². The molecule has 146 valence electrons. The Morgan fingerprint density at radius 2 is 1.04 bits per heavy atom. The number of hydrogen-bond acceptors (Lipinski definition) is 4. The Labute approximate surface area is 148 Å². The third kappa shape index (κ3) is 13.1. The quantitative estimate of drug-likeness (QED) is 0.240. The Hall–Kier alpha value is -0.200. The second-order valence-electron chi connectivity index (χ2n) is 7.56. The third-order valence-electron chi connectivity index (χ3n) is 4.78. The van der Waals surface area contributed by atoms with E-state index in [4.69, 9.17) is 10.2 Å². The minimum atomic E-state index is -0.774. The highest BCUT2D eigenvalue weighted by atomic mass is 16.3. The number of aliphatic hydroxyl groups is 4. The summed E-state index contributed by atoms with van der Waals surface area (Å²) in [6.07, 6.45) is 11.2. The maximum Gasteiger partial charge on any atom is 0.126 e. The van der Waals surface area contributed by atoms with Crippen molar-refractivity contribution in [2.75, 3.05) is 39.9 Å². The van der Waals surface area contributed by atoms with E-state index < -0.39 is 12.2 Å². The average molecular weight is 349 g/mol. The molecule has 0 aromatic rings. The molecule has 2 atom stereocenters. The van der Waals surface area contributed by atoms with Crippen molar-refractivity contribution < 1.29 is 24.9 Å². The Kier molecular flexibility index (Phi) is 15.0. The molecule has 0 saturated carbocycles. The number of rotatable bonds is 17. The molecule has 0 aromatic heterocycles. The van der Waals surface area contributed by atoms with Gasteiger partial charge in [0.1, 0.15) is 25.3 Å². The van der Waals surface area contributed by atoms with E-state index in [-0.39, 0.29) is 13.2 Å². The summed E-state index contributed by atoms with van der Waals surface area (Å²) in [5.41, 5.74) is 0. The average Bonchev–Trinajstić information content (AvgIpc) is 2.56. The van der Waals surface area contributed by atoms with Crippen molar-refractivity contribution >= 4 is 0 Å². The molecule has 4 N–H and O–H groups in total. The Morgan fingerprint density at radius 3 is 1.42 bits per heavy atom. The van der Waals surface area contributed by atoms with Gasteiger partial charge in [0.15, 0.2) is 0 Å². The smallest absolute Gasteiger partial charge is 0.126 e. The van der Waals surface area contributed by atoms with Crippen molar-refractivity contribution in [2.24, 2.45) is 0 Å². The van der Waals surface area contributed by atoms with Crippen LogP contribution in [-0.4, -0.2) is 77.0 Å². The molecular weight excluding hydrogens is 306 g/mol. The molecule has 0 aliphatic rings. The molecule has 0 aliphatic carbocycles. The number of likely N-dealkylation sites (N-methyl/N-ethyl adjacent to an activating group) is 1. The summed E-state index contributed by atoms with van der Waals surface area (Å²) in [6.45, 7) is 3.38. The standard InChI is InChI=1S/C19H42NO4/c1-3-4-5-6-7-8-9-10-11-12-13-20(2,14-18(23)16-21)15-19(24)17-22/h18-19,21-24H,3-17H2,1-2H3/q+1. The molecule has 0 aliphatic heterocycles. The molecule has 0 fully saturated rings. The number of aliphatic hydroxyl groups excluding tert-OH is 4. The lowest BCUT2D eigenvalue weighted by Gasteiger charge is -2.37. The third-order valence-corrected chi connectivity index (χ3v) is 4.78. The van der Waals surface area contributed by atoms with Crippen LogP contribution in [0.25, 0.3) is 0 Å². The van der Waals surface area contributed by atoms with Gasteiger partial charge in [0.05, 0.1) is 26.8 Å². The molecule has 0 radical (unpaired) electrons. The maximum absolute atomic E-state index is 9.73. The minimum absolute atomic E-state index is 0.263. The van der Waals surface area contributed by atoms with Gasteiger partial charge in [0.2, 0.25) is 0 Å². The largest absolute Gasteiger partial charge is 0.393 e. The van der Waals surface area contributed by atoms with Crippen molar-refractivity contribution in [3.05, 3.63) is 0 Å². The zero-order valence-electron chi connectivity index (χ0n) is 16.0. The molecule has 0 saturated heterocycles. The SMILES string of the molecule is CCCCCCCCCCCC[N+](C)(CC(O)CO)CC(O)CO. The summed E-state index contributed by atoms with van der Waals surface area (Å²) in [7, 11) is 1.98. The van der Waals surface area contributed by atoms with E-state index in [1.54, 1.807) is 0 Å². The van der Waals surface area contributed by atoms with E-state index in [2.05, 4.69) is 6.92 Å². The van der Waals surface area contributed by atoms with Crippen LogP contribution in [0.2, 0.25) is 0 Å². The molecule has 24 heavy (non-hydrogen) atoms. The number of nitrogens with zero attached hydrogens (tertiary/aromatic N) is 1. The van der Waals surface area contributed by atoms with Crippen LogP contribution < -0.4 is 0 Å². The Balaban J connectivity index is 3.89. The van der Waals surface area contributed by atoms with Crippen LogP contribution in [0.4, 0.5) is 0 Å². The van der Waals surface area contributed by atoms with E-state index >= 15 is 0 Å². The van der Waals surface area contributed by atoms with Gasteiger partial charge in [-0.1, -0.05) is 58.3 Å². The maximum atomic E-state index is 9.73. The van der Waals surface area contributed by atoms with Gasteiger partial charge in [0, 0.05) is 0 Å². The fourth-order valence-electron chi connectivity index (χ4n) is 3.37. The van der Waals surface area contributed by atoms with Crippen molar-refractivity contribution in [2.45, 2.75) is 83.3 Å². The van der Waals surface area contributed by atoms with Gasteiger partial charge in [-0.05, 0) is 12.8 Å². The Bertz CT molecular complexity index is 264. The molecule has 0 spiro atoms. The molecule has 0 heterocycles. The highest BCUT2D eigenvalue weighted by molar-refractivity contribution is 4.58. The minimum Gasteiger partial charge on any atom is -0.393 e. The highest BCUT2D eigenvalue weighted by Gasteiger charge is 2.27. The fraction of sp³-hybridized carbons (Fsp3) is 1.00. The lowest BCUT2D eigenvalue weighted by Crippen LogP contribution is -2.54. The van der Waals surface area contributed by atoms with Gasteiger partial charge in [0.25, 0.3) is 0 Å². The number of unbranched alkanes of at least 4 members (excludes halogenated alkanes) is 9.